The highest BCUT2D eigenvalue weighted by Crippen LogP contribution is 2.26. The maximum Gasteiger partial charge on any atom is 0.226 e. The number of nitrogens with two attached hydrogens (primary N) is 1. The Hall–Kier alpha value is -1.55. The van der Waals surface area contributed by atoms with Gasteiger partial charge in [-0.25, -0.2) is 0 Å². The van der Waals surface area contributed by atoms with Crippen LogP contribution < -0.4 is 15.8 Å². The van der Waals surface area contributed by atoms with E-state index in [2.05, 4.69) is 5.32 Å². The molecule has 0 aliphatic carbocycles. The summed E-state index contributed by atoms with van der Waals surface area (Å²) in [6.07, 6.45) is 0.317. The van der Waals surface area contributed by atoms with Crippen molar-refractivity contribution < 1.29 is 9.53 Å². The van der Waals surface area contributed by atoms with Crippen LogP contribution in [0.4, 0.5) is 5.69 Å². The van der Waals surface area contributed by atoms with Crippen molar-refractivity contribution in [2.45, 2.75) is 40.2 Å². The first kappa shape index (κ1) is 15.5. The summed E-state index contributed by atoms with van der Waals surface area (Å²) < 4.78 is 5.53. The summed E-state index contributed by atoms with van der Waals surface area (Å²) in [5, 5.41) is 2.86. The van der Waals surface area contributed by atoms with Gasteiger partial charge in [0.15, 0.2) is 0 Å². The first-order valence-electron chi connectivity index (χ1n) is 6.73. The molecule has 4 nitrogen and oxygen atoms in total. The number of hydrogen-bond acceptors (Lipinski definition) is 3. The van der Waals surface area contributed by atoms with E-state index in [9.17, 15) is 4.79 Å². The topological polar surface area (TPSA) is 64.3 Å². The summed E-state index contributed by atoms with van der Waals surface area (Å²) in [5.74, 6) is 0.912. The molecule has 0 fully saturated rings. The molecule has 4 heteroatoms. The van der Waals surface area contributed by atoms with Crippen LogP contribution in [0.15, 0.2) is 18.2 Å². The lowest BCUT2D eigenvalue weighted by Crippen LogP contribution is -2.31. The molecule has 0 saturated carbocycles. The van der Waals surface area contributed by atoms with Gasteiger partial charge in [-0.1, -0.05) is 19.9 Å². The van der Waals surface area contributed by atoms with Crippen LogP contribution in [0, 0.1) is 12.8 Å². The smallest absolute Gasteiger partial charge is 0.226 e. The van der Waals surface area contributed by atoms with Crippen LogP contribution >= 0.6 is 0 Å². The Balaban J connectivity index is 2.73. The van der Waals surface area contributed by atoms with E-state index in [0.29, 0.717) is 24.5 Å². The highest BCUT2D eigenvalue weighted by molar-refractivity contribution is 5.92. The Morgan fingerprint density at radius 1 is 1.42 bits per heavy atom. The Morgan fingerprint density at radius 2 is 2.11 bits per heavy atom. The van der Waals surface area contributed by atoms with Crippen molar-refractivity contribution in [1.82, 2.24) is 0 Å². The third-order valence-electron chi connectivity index (χ3n) is 2.99. The molecule has 1 atom stereocenters. The number of nitrogens with one attached hydrogen (secondary N) is 1. The second-order valence-corrected chi connectivity index (χ2v) is 5.09. The summed E-state index contributed by atoms with van der Waals surface area (Å²) in [6, 6.07) is 5.60. The molecule has 3 N–H and O–H groups in total. The van der Waals surface area contributed by atoms with Gasteiger partial charge in [-0.05, 0) is 37.5 Å². The molecule has 0 radical (unpaired) electrons. The van der Waals surface area contributed by atoms with Crippen molar-refractivity contribution in [3.05, 3.63) is 23.8 Å². The maximum atomic E-state index is 11.9. The second kappa shape index (κ2) is 7.14. The molecular weight excluding hydrogens is 240 g/mol. The average Bonchev–Trinajstić information content (AvgIpc) is 2.32. The molecule has 0 heterocycles. The van der Waals surface area contributed by atoms with Crippen molar-refractivity contribution >= 4 is 11.6 Å². The van der Waals surface area contributed by atoms with Crippen molar-refractivity contribution in [3.8, 4) is 5.75 Å². The Morgan fingerprint density at radius 3 is 2.68 bits per heavy atom. The lowest BCUT2D eigenvalue weighted by molar-refractivity contribution is -0.116. The van der Waals surface area contributed by atoms with Gasteiger partial charge in [0.1, 0.15) is 5.75 Å². The maximum absolute atomic E-state index is 11.9. The molecule has 0 bridgehead atoms. The molecule has 1 rings (SSSR count). The largest absolute Gasteiger partial charge is 0.492 e. The van der Waals surface area contributed by atoms with Gasteiger partial charge >= 0.3 is 0 Å². The predicted molar refractivity (Wildman–Crippen MR) is 78.4 cm³/mol. The summed E-state index contributed by atoms with van der Waals surface area (Å²) in [4.78, 5) is 11.9. The number of carbonyl (C=O) groups is 1. The van der Waals surface area contributed by atoms with Gasteiger partial charge in [-0.15, -0.1) is 0 Å². The van der Waals surface area contributed by atoms with E-state index in [1.54, 1.807) is 0 Å². The highest BCUT2D eigenvalue weighted by Gasteiger charge is 2.14. The standard InChI is InChI=1S/C15H24N2O2/c1-5-19-14-8-11(4)6-7-13(14)17-15(18)9-12(16)10(2)3/h6-8,10,12H,5,9,16H2,1-4H3,(H,17,18). The molecule has 1 unspecified atom stereocenters. The zero-order chi connectivity index (χ0) is 14.4. The molecule has 1 aromatic carbocycles. The fraction of sp³-hybridized carbons (Fsp3) is 0.533. The Bertz CT molecular complexity index is 430. The average molecular weight is 264 g/mol. The molecule has 1 amide bonds. The Kier molecular flexibility index (Phi) is 5.83. The number of anilines is 1. The number of ether oxygens (including phenoxy) is 1. The van der Waals surface area contributed by atoms with E-state index in [4.69, 9.17) is 10.5 Å². The number of aryl methyl sites for hydroxylation is 1. The molecule has 0 spiro atoms. The lowest BCUT2D eigenvalue weighted by Gasteiger charge is -2.16. The van der Waals surface area contributed by atoms with Crippen LogP contribution in [-0.2, 0) is 4.79 Å². The van der Waals surface area contributed by atoms with Gasteiger partial charge in [0.05, 0.1) is 12.3 Å². The van der Waals surface area contributed by atoms with Crippen molar-refractivity contribution in [2.24, 2.45) is 11.7 Å². The Labute approximate surface area is 115 Å². The fourth-order valence-corrected chi connectivity index (χ4v) is 1.66. The minimum atomic E-state index is -0.124. The minimum Gasteiger partial charge on any atom is -0.492 e. The molecule has 0 aliphatic heterocycles. The second-order valence-electron chi connectivity index (χ2n) is 5.09. The molecule has 0 saturated heterocycles. The van der Waals surface area contributed by atoms with E-state index in [1.165, 1.54) is 0 Å². The normalized spacial score (nSPS) is 12.3. The van der Waals surface area contributed by atoms with Gasteiger partial charge in [0, 0.05) is 12.5 Å². The minimum absolute atomic E-state index is 0.0778. The summed E-state index contributed by atoms with van der Waals surface area (Å²) in [6.45, 7) is 8.49. The van der Waals surface area contributed by atoms with Gasteiger partial charge in [0.2, 0.25) is 5.91 Å². The van der Waals surface area contributed by atoms with Crippen molar-refractivity contribution in [3.63, 3.8) is 0 Å². The van der Waals surface area contributed by atoms with E-state index >= 15 is 0 Å². The predicted octanol–water partition coefficient (Wildman–Crippen LogP) is 2.71. The van der Waals surface area contributed by atoms with Crippen LogP contribution in [0.5, 0.6) is 5.75 Å². The third-order valence-corrected chi connectivity index (χ3v) is 2.99. The van der Waals surface area contributed by atoms with Crippen molar-refractivity contribution in [2.75, 3.05) is 11.9 Å². The van der Waals surface area contributed by atoms with Crippen LogP contribution in [0.3, 0.4) is 0 Å². The number of rotatable bonds is 6. The van der Waals surface area contributed by atoms with Gasteiger partial charge in [-0.2, -0.15) is 0 Å². The quantitative estimate of drug-likeness (QED) is 0.830. The number of benzene rings is 1. The lowest BCUT2D eigenvalue weighted by atomic mass is 10.0. The summed E-state index contributed by atoms with van der Waals surface area (Å²) in [5.41, 5.74) is 7.70. The zero-order valence-corrected chi connectivity index (χ0v) is 12.2. The van der Waals surface area contributed by atoms with Crippen molar-refractivity contribution in [1.29, 1.82) is 0 Å². The molecule has 19 heavy (non-hydrogen) atoms. The molecule has 1 aromatic rings. The highest BCUT2D eigenvalue weighted by atomic mass is 16.5. The molecule has 106 valence electrons. The summed E-state index contributed by atoms with van der Waals surface area (Å²) in [7, 11) is 0. The number of amides is 1. The third kappa shape index (κ3) is 4.91. The first-order valence-corrected chi connectivity index (χ1v) is 6.73. The van der Waals surface area contributed by atoms with Gasteiger partial charge in [-0.3, -0.25) is 4.79 Å². The van der Waals surface area contributed by atoms with Crippen LogP contribution in [0.25, 0.3) is 0 Å². The van der Waals surface area contributed by atoms with Crippen LogP contribution in [-0.4, -0.2) is 18.6 Å². The number of carbonyl (C=O) groups excluding carboxylic acids is 1. The molecule has 0 aromatic heterocycles. The SMILES string of the molecule is CCOc1cc(C)ccc1NC(=O)CC(N)C(C)C. The summed E-state index contributed by atoms with van der Waals surface area (Å²) >= 11 is 0. The molecule has 0 aliphatic rings. The first-order chi connectivity index (χ1) is 8.93. The monoisotopic (exact) mass is 264 g/mol. The number of hydrogen-bond donors (Lipinski definition) is 2. The van der Waals surface area contributed by atoms with Crippen LogP contribution in [0.1, 0.15) is 32.8 Å². The van der Waals surface area contributed by atoms with E-state index in [0.717, 1.165) is 5.56 Å². The van der Waals surface area contributed by atoms with Gasteiger partial charge < -0.3 is 15.8 Å². The zero-order valence-electron chi connectivity index (χ0n) is 12.2. The van der Waals surface area contributed by atoms with Crippen LogP contribution in [0.2, 0.25) is 0 Å². The van der Waals surface area contributed by atoms with Gasteiger partial charge in [0.25, 0.3) is 0 Å². The van der Waals surface area contributed by atoms with E-state index < -0.39 is 0 Å². The van der Waals surface area contributed by atoms with E-state index in [-0.39, 0.29) is 17.9 Å². The van der Waals surface area contributed by atoms with E-state index in [1.807, 2.05) is 45.9 Å². The molecular formula is C15H24N2O2. The fourth-order valence-electron chi connectivity index (χ4n) is 1.66.